The first-order valence-corrected chi connectivity index (χ1v) is 8.56. The Kier molecular flexibility index (Phi) is 3.63. The molecule has 0 bridgehead atoms. The molecule has 3 nitrogen and oxygen atoms in total. The molecule has 2 aromatic rings. The van der Waals surface area contributed by atoms with Crippen molar-refractivity contribution in [2.24, 2.45) is 5.92 Å². The Morgan fingerprint density at radius 2 is 2.05 bits per heavy atom. The minimum Gasteiger partial charge on any atom is -0.361 e. The summed E-state index contributed by atoms with van der Waals surface area (Å²) in [4.78, 5) is 9.67. The second-order valence-corrected chi connectivity index (χ2v) is 6.89. The van der Waals surface area contributed by atoms with Gasteiger partial charge in [-0.25, -0.2) is 4.85 Å². The van der Waals surface area contributed by atoms with E-state index < -0.39 is 0 Å². The highest BCUT2D eigenvalue weighted by Crippen LogP contribution is 2.43. The van der Waals surface area contributed by atoms with Gasteiger partial charge in [-0.05, 0) is 73.7 Å². The molecule has 22 heavy (non-hydrogen) atoms. The maximum absolute atomic E-state index is 7.25. The molecule has 1 aromatic carbocycles. The number of hydrogen-bond acceptors (Lipinski definition) is 1. The molecule has 1 aromatic heterocycles. The normalized spacial score (nSPS) is 25.8. The van der Waals surface area contributed by atoms with E-state index >= 15 is 0 Å². The molecular weight excluding hydrogens is 270 g/mol. The van der Waals surface area contributed by atoms with E-state index in [0.29, 0.717) is 5.92 Å². The number of nitrogens with one attached hydrogen (secondary N) is 1. The molecule has 1 aliphatic carbocycles. The summed E-state index contributed by atoms with van der Waals surface area (Å²) in [6.07, 6.45) is 8.95. The van der Waals surface area contributed by atoms with Crippen LogP contribution in [0.1, 0.15) is 43.6 Å². The van der Waals surface area contributed by atoms with Crippen molar-refractivity contribution in [3.8, 4) is 0 Å². The summed E-state index contributed by atoms with van der Waals surface area (Å²) in [5, 5.41) is 1.27. The molecule has 2 aliphatic rings. The standard InChI is InChI=1S/C19H23N3/c1-20-15-7-8-19-17(11-15)18(12-21-19)16-6-4-5-14(16)13-22-9-2-3-10-22/h7-8,11-12,14,16,21H,2-6,9-10,13H2. The smallest absolute Gasteiger partial charge is 0.187 e. The Morgan fingerprint density at radius 3 is 2.86 bits per heavy atom. The largest absolute Gasteiger partial charge is 0.361 e. The van der Waals surface area contributed by atoms with Crippen LogP contribution in [0.2, 0.25) is 0 Å². The van der Waals surface area contributed by atoms with Crippen LogP contribution < -0.4 is 0 Å². The molecule has 1 N–H and O–H groups in total. The molecule has 1 aliphatic heterocycles. The monoisotopic (exact) mass is 293 g/mol. The summed E-state index contributed by atoms with van der Waals surface area (Å²) in [6, 6.07) is 6.03. The molecular formula is C19H23N3. The summed E-state index contributed by atoms with van der Waals surface area (Å²) >= 11 is 0. The SMILES string of the molecule is [C-]#[N+]c1ccc2[nH]cc(C3CCCC3CN3CCCC3)c2c1. The first kappa shape index (κ1) is 13.8. The van der Waals surface area contributed by atoms with Gasteiger partial charge >= 0.3 is 0 Å². The van der Waals surface area contributed by atoms with E-state index in [1.54, 1.807) is 0 Å². The molecule has 1 saturated carbocycles. The zero-order valence-corrected chi connectivity index (χ0v) is 13.0. The number of likely N-dealkylation sites (tertiary alicyclic amines) is 1. The quantitative estimate of drug-likeness (QED) is 0.815. The predicted octanol–water partition coefficient (Wildman–Crippen LogP) is 4.70. The average Bonchev–Trinajstić information content (AvgIpc) is 3.27. The van der Waals surface area contributed by atoms with Crippen LogP contribution in [0, 0.1) is 12.5 Å². The minimum atomic E-state index is 0.662. The van der Waals surface area contributed by atoms with Crippen molar-refractivity contribution in [3.05, 3.63) is 41.4 Å². The van der Waals surface area contributed by atoms with Gasteiger partial charge in [0.2, 0.25) is 0 Å². The molecule has 0 spiro atoms. The van der Waals surface area contributed by atoms with Gasteiger partial charge in [0.1, 0.15) is 0 Å². The Morgan fingerprint density at radius 1 is 1.18 bits per heavy atom. The van der Waals surface area contributed by atoms with Gasteiger partial charge in [0.25, 0.3) is 0 Å². The van der Waals surface area contributed by atoms with E-state index in [4.69, 9.17) is 6.57 Å². The molecule has 4 rings (SSSR count). The number of hydrogen-bond donors (Lipinski definition) is 1. The van der Waals surface area contributed by atoms with Crippen molar-refractivity contribution in [3.63, 3.8) is 0 Å². The summed E-state index contributed by atoms with van der Waals surface area (Å²) < 4.78 is 0. The zero-order chi connectivity index (χ0) is 14.9. The number of H-pyrrole nitrogens is 1. The third-order valence-corrected chi connectivity index (χ3v) is 5.58. The topological polar surface area (TPSA) is 23.4 Å². The van der Waals surface area contributed by atoms with Crippen LogP contribution in [0.15, 0.2) is 24.4 Å². The lowest BCUT2D eigenvalue weighted by atomic mass is 9.88. The number of benzene rings is 1. The van der Waals surface area contributed by atoms with Crippen molar-refractivity contribution in [1.82, 2.24) is 9.88 Å². The van der Waals surface area contributed by atoms with Crippen molar-refractivity contribution in [2.45, 2.75) is 38.0 Å². The Hall–Kier alpha value is -1.79. The highest BCUT2D eigenvalue weighted by molar-refractivity contribution is 5.87. The number of nitrogens with zero attached hydrogens (tertiary/aromatic N) is 2. The van der Waals surface area contributed by atoms with E-state index in [1.807, 2.05) is 6.07 Å². The third kappa shape index (κ3) is 2.42. The lowest BCUT2D eigenvalue weighted by Crippen LogP contribution is -2.27. The maximum atomic E-state index is 7.25. The van der Waals surface area contributed by atoms with Gasteiger partial charge in [-0.3, -0.25) is 0 Å². The summed E-state index contributed by atoms with van der Waals surface area (Å²) in [5.41, 5.74) is 3.37. The van der Waals surface area contributed by atoms with E-state index in [0.717, 1.165) is 11.6 Å². The van der Waals surface area contributed by atoms with Gasteiger partial charge < -0.3 is 9.88 Å². The molecule has 3 heteroatoms. The number of rotatable bonds is 3. The van der Waals surface area contributed by atoms with Crippen LogP contribution in [0.4, 0.5) is 5.69 Å². The molecule has 114 valence electrons. The van der Waals surface area contributed by atoms with Crippen molar-refractivity contribution < 1.29 is 0 Å². The molecule has 0 radical (unpaired) electrons. The van der Waals surface area contributed by atoms with Gasteiger partial charge in [-0.2, -0.15) is 0 Å². The van der Waals surface area contributed by atoms with Crippen molar-refractivity contribution in [2.75, 3.05) is 19.6 Å². The Balaban J connectivity index is 1.63. The fourth-order valence-corrected chi connectivity index (χ4v) is 4.47. The number of aromatic amines is 1. The molecule has 2 fully saturated rings. The Labute approximate surface area is 132 Å². The summed E-state index contributed by atoms with van der Waals surface area (Å²) in [7, 11) is 0. The maximum Gasteiger partial charge on any atom is 0.187 e. The molecule has 1 saturated heterocycles. The van der Waals surface area contributed by atoms with E-state index in [2.05, 4.69) is 33.1 Å². The lowest BCUT2D eigenvalue weighted by Gasteiger charge is -2.25. The number of aromatic nitrogens is 1. The van der Waals surface area contributed by atoms with E-state index in [-0.39, 0.29) is 0 Å². The van der Waals surface area contributed by atoms with Crippen LogP contribution in [-0.2, 0) is 0 Å². The van der Waals surface area contributed by atoms with Gasteiger partial charge in [0.15, 0.2) is 5.69 Å². The van der Waals surface area contributed by atoms with Crippen molar-refractivity contribution >= 4 is 16.6 Å². The molecule has 2 unspecified atom stereocenters. The fraction of sp³-hybridized carbons (Fsp3) is 0.526. The lowest BCUT2D eigenvalue weighted by molar-refractivity contribution is 0.267. The fourth-order valence-electron chi connectivity index (χ4n) is 4.47. The van der Waals surface area contributed by atoms with Gasteiger partial charge in [-0.1, -0.05) is 12.5 Å². The second kappa shape index (κ2) is 5.78. The third-order valence-electron chi connectivity index (χ3n) is 5.58. The van der Waals surface area contributed by atoms with Crippen LogP contribution >= 0.6 is 0 Å². The van der Waals surface area contributed by atoms with Gasteiger partial charge in [0, 0.05) is 18.3 Å². The molecule has 0 amide bonds. The first-order valence-electron chi connectivity index (χ1n) is 8.56. The minimum absolute atomic E-state index is 0.662. The summed E-state index contributed by atoms with van der Waals surface area (Å²) in [6.45, 7) is 11.1. The van der Waals surface area contributed by atoms with Gasteiger partial charge in [0.05, 0.1) is 6.57 Å². The second-order valence-electron chi connectivity index (χ2n) is 6.89. The molecule has 2 heterocycles. The van der Waals surface area contributed by atoms with E-state index in [1.165, 1.54) is 68.2 Å². The van der Waals surface area contributed by atoms with Crippen LogP contribution in [0.25, 0.3) is 15.7 Å². The Bertz CT molecular complexity index is 703. The van der Waals surface area contributed by atoms with Crippen LogP contribution in [0.3, 0.4) is 0 Å². The number of fused-ring (bicyclic) bond motifs is 1. The van der Waals surface area contributed by atoms with Crippen LogP contribution in [0.5, 0.6) is 0 Å². The van der Waals surface area contributed by atoms with E-state index in [9.17, 15) is 0 Å². The highest BCUT2D eigenvalue weighted by Gasteiger charge is 2.32. The first-order chi connectivity index (χ1) is 10.8. The highest BCUT2D eigenvalue weighted by atomic mass is 15.1. The summed E-state index contributed by atoms with van der Waals surface area (Å²) in [5.74, 6) is 1.45. The van der Waals surface area contributed by atoms with Crippen molar-refractivity contribution in [1.29, 1.82) is 0 Å². The molecule has 2 atom stereocenters. The predicted molar refractivity (Wildman–Crippen MR) is 90.3 cm³/mol. The average molecular weight is 293 g/mol. The van der Waals surface area contributed by atoms with Gasteiger partial charge in [-0.15, -0.1) is 0 Å². The zero-order valence-electron chi connectivity index (χ0n) is 13.0. The van der Waals surface area contributed by atoms with Crippen LogP contribution in [-0.4, -0.2) is 29.5 Å².